The molecule has 0 aliphatic carbocycles. The molecule has 3 rings (SSSR count). The standard InChI is InChI=1S/C16H20N2O2.ClH/c1-3-20-16(19)10-18-14-6-7-17-9-13(14)12-5-4-11(2)8-15(12)18;/h4-5,8,17H,3,6-7,9-10H2,1-2H3;1H. The summed E-state index contributed by atoms with van der Waals surface area (Å²) in [6.07, 6.45) is 0.961. The molecule has 1 aliphatic heterocycles. The zero-order valence-corrected chi connectivity index (χ0v) is 13.3. The van der Waals surface area contributed by atoms with Crippen LogP contribution in [0.2, 0.25) is 0 Å². The van der Waals surface area contributed by atoms with E-state index in [9.17, 15) is 4.79 Å². The molecule has 0 saturated heterocycles. The first-order valence-corrected chi connectivity index (χ1v) is 7.17. The highest BCUT2D eigenvalue weighted by Gasteiger charge is 2.21. The van der Waals surface area contributed by atoms with Crippen molar-refractivity contribution in [1.82, 2.24) is 9.88 Å². The largest absolute Gasteiger partial charge is 0.465 e. The Labute approximate surface area is 130 Å². The minimum absolute atomic E-state index is 0. The molecule has 0 unspecified atom stereocenters. The van der Waals surface area contributed by atoms with Gasteiger partial charge in [0.05, 0.1) is 6.61 Å². The van der Waals surface area contributed by atoms with Crippen molar-refractivity contribution in [3.8, 4) is 0 Å². The highest BCUT2D eigenvalue weighted by atomic mass is 35.5. The lowest BCUT2D eigenvalue weighted by Crippen LogP contribution is -2.25. The molecule has 1 aromatic heterocycles. The number of aromatic nitrogens is 1. The lowest BCUT2D eigenvalue weighted by Gasteiger charge is -2.16. The molecule has 4 nitrogen and oxygen atoms in total. The van der Waals surface area contributed by atoms with Crippen molar-refractivity contribution in [3.05, 3.63) is 35.0 Å². The summed E-state index contributed by atoms with van der Waals surface area (Å²) in [5, 5.41) is 4.66. The maximum atomic E-state index is 11.9. The number of benzene rings is 1. The summed E-state index contributed by atoms with van der Waals surface area (Å²) >= 11 is 0. The van der Waals surface area contributed by atoms with E-state index in [1.165, 1.54) is 22.2 Å². The van der Waals surface area contributed by atoms with Crippen LogP contribution in [0.25, 0.3) is 10.9 Å². The van der Waals surface area contributed by atoms with Crippen LogP contribution in [-0.4, -0.2) is 23.7 Å². The number of esters is 1. The van der Waals surface area contributed by atoms with E-state index in [4.69, 9.17) is 4.74 Å². The van der Waals surface area contributed by atoms with E-state index in [1.54, 1.807) is 0 Å². The minimum atomic E-state index is -0.160. The average Bonchev–Trinajstić information content (AvgIpc) is 2.73. The van der Waals surface area contributed by atoms with E-state index in [2.05, 4.69) is 35.0 Å². The highest BCUT2D eigenvalue weighted by molar-refractivity contribution is 5.87. The molecular weight excluding hydrogens is 288 g/mol. The van der Waals surface area contributed by atoms with Gasteiger partial charge in [0, 0.05) is 36.1 Å². The topological polar surface area (TPSA) is 43.3 Å². The van der Waals surface area contributed by atoms with Gasteiger partial charge in [-0.3, -0.25) is 4.79 Å². The predicted molar refractivity (Wildman–Crippen MR) is 86.0 cm³/mol. The van der Waals surface area contributed by atoms with Crippen LogP contribution >= 0.6 is 12.4 Å². The van der Waals surface area contributed by atoms with Crippen molar-refractivity contribution in [3.63, 3.8) is 0 Å². The summed E-state index contributed by atoms with van der Waals surface area (Å²) in [4.78, 5) is 11.9. The van der Waals surface area contributed by atoms with Crippen molar-refractivity contribution >= 4 is 29.3 Å². The summed E-state index contributed by atoms with van der Waals surface area (Å²) in [5.41, 5.74) is 4.96. The fourth-order valence-corrected chi connectivity index (χ4v) is 3.00. The van der Waals surface area contributed by atoms with Crippen molar-refractivity contribution in [2.75, 3.05) is 13.2 Å². The molecule has 5 heteroatoms. The molecule has 2 heterocycles. The Kier molecular flexibility index (Phi) is 4.91. The molecule has 21 heavy (non-hydrogen) atoms. The van der Waals surface area contributed by atoms with Gasteiger partial charge in [-0.1, -0.05) is 12.1 Å². The highest BCUT2D eigenvalue weighted by Crippen LogP contribution is 2.29. The summed E-state index contributed by atoms with van der Waals surface area (Å²) in [7, 11) is 0. The number of nitrogens with zero attached hydrogens (tertiary/aromatic N) is 1. The number of ether oxygens (including phenoxy) is 1. The number of hydrogen-bond acceptors (Lipinski definition) is 3. The molecule has 0 bridgehead atoms. The maximum Gasteiger partial charge on any atom is 0.325 e. The van der Waals surface area contributed by atoms with Gasteiger partial charge in [-0.15, -0.1) is 12.4 Å². The lowest BCUT2D eigenvalue weighted by atomic mass is 10.1. The lowest BCUT2D eigenvalue weighted by molar-refractivity contribution is -0.143. The molecule has 0 radical (unpaired) electrons. The maximum absolute atomic E-state index is 11.9. The zero-order valence-electron chi connectivity index (χ0n) is 12.4. The quantitative estimate of drug-likeness (QED) is 0.886. The smallest absolute Gasteiger partial charge is 0.325 e. The van der Waals surface area contributed by atoms with E-state index in [0.717, 1.165) is 25.0 Å². The van der Waals surface area contributed by atoms with E-state index in [0.29, 0.717) is 13.2 Å². The Balaban J connectivity index is 0.00000161. The monoisotopic (exact) mass is 308 g/mol. The number of halogens is 1. The van der Waals surface area contributed by atoms with E-state index in [1.807, 2.05) is 6.92 Å². The van der Waals surface area contributed by atoms with Crippen molar-refractivity contribution in [1.29, 1.82) is 0 Å². The van der Waals surface area contributed by atoms with Crippen LogP contribution in [-0.2, 0) is 29.0 Å². The molecule has 0 amide bonds. The van der Waals surface area contributed by atoms with Crippen LogP contribution < -0.4 is 5.32 Å². The molecule has 1 aromatic carbocycles. The second kappa shape index (κ2) is 6.50. The van der Waals surface area contributed by atoms with Gasteiger partial charge in [-0.25, -0.2) is 0 Å². The Morgan fingerprint density at radius 2 is 2.24 bits per heavy atom. The molecule has 0 fully saturated rings. The van der Waals surface area contributed by atoms with Gasteiger partial charge in [-0.2, -0.15) is 0 Å². The normalized spacial score (nSPS) is 13.6. The second-order valence-electron chi connectivity index (χ2n) is 5.26. The zero-order chi connectivity index (χ0) is 14.1. The third-order valence-electron chi connectivity index (χ3n) is 3.88. The van der Waals surface area contributed by atoms with E-state index < -0.39 is 0 Å². The SMILES string of the molecule is CCOC(=O)Cn1c2c(c3ccc(C)cc31)CNCC2.Cl. The van der Waals surface area contributed by atoms with Gasteiger partial charge in [0.25, 0.3) is 0 Å². The van der Waals surface area contributed by atoms with Gasteiger partial charge in [0.1, 0.15) is 6.54 Å². The third-order valence-corrected chi connectivity index (χ3v) is 3.88. The van der Waals surface area contributed by atoms with Crippen LogP contribution in [0.3, 0.4) is 0 Å². The second-order valence-corrected chi connectivity index (χ2v) is 5.26. The number of nitrogens with one attached hydrogen (secondary N) is 1. The van der Waals surface area contributed by atoms with Crippen molar-refractivity contribution < 1.29 is 9.53 Å². The van der Waals surface area contributed by atoms with Crippen LogP contribution in [0.4, 0.5) is 0 Å². The molecule has 0 saturated carbocycles. The number of carbonyl (C=O) groups is 1. The molecule has 2 aromatic rings. The minimum Gasteiger partial charge on any atom is -0.465 e. The third kappa shape index (κ3) is 2.92. The van der Waals surface area contributed by atoms with E-state index >= 15 is 0 Å². The van der Waals surface area contributed by atoms with Crippen LogP contribution in [0.5, 0.6) is 0 Å². The molecule has 0 spiro atoms. The Bertz CT molecular complexity index is 664. The van der Waals surface area contributed by atoms with Gasteiger partial charge in [0.15, 0.2) is 0 Å². The summed E-state index contributed by atoms with van der Waals surface area (Å²) < 4.78 is 7.25. The molecule has 114 valence electrons. The van der Waals surface area contributed by atoms with Crippen LogP contribution in [0.15, 0.2) is 18.2 Å². The summed E-state index contributed by atoms with van der Waals surface area (Å²) in [6.45, 7) is 6.51. The van der Waals surface area contributed by atoms with Gasteiger partial charge < -0.3 is 14.6 Å². The Hall–Kier alpha value is -1.52. The van der Waals surface area contributed by atoms with E-state index in [-0.39, 0.29) is 18.4 Å². The number of aryl methyl sites for hydroxylation is 1. The van der Waals surface area contributed by atoms with Gasteiger partial charge >= 0.3 is 5.97 Å². The predicted octanol–water partition coefficient (Wildman–Crippen LogP) is 2.58. The first kappa shape index (κ1) is 15.9. The van der Waals surface area contributed by atoms with Gasteiger partial charge in [-0.05, 0) is 31.0 Å². The Morgan fingerprint density at radius 3 is 3.00 bits per heavy atom. The average molecular weight is 309 g/mol. The summed E-state index contributed by atoms with van der Waals surface area (Å²) in [6, 6.07) is 6.46. The first-order chi connectivity index (χ1) is 9.70. The summed E-state index contributed by atoms with van der Waals surface area (Å²) in [5.74, 6) is -0.160. The van der Waals surface area contributed by atoms with Crippen LogP contribution in [0, 0.1) is 6.92 Å². The fraction of sp³-hybridized carbons (Fsp3) is 0.438. The van der Waals surface area contributed by atoms with Crippen molar-refractivity contribution in [2.45, 2.75) is 33.4 Å². The molecule has 0 atom stereocenters. The van der Waals surface area contributed by atoms with Crippen molar-refractivity contribution in [2.24, 2.45) is 0 Å². The van der Waals surface area contributed by atoms with Crippen LogP contribution in [0.1, 0.15) is 23.7 Å². The number of carbonyl (C=O) groups excluding carboxylic acids is 1. The number of fused-ring (bicyclic) bond motifs is 3. The fourth-order valence-electron chi connectivity index (χ4n) is 3.00. The first-order valence-electron chi connectivity index (χ1n) is 7.17. The molecular formula is C16H21ClN2O2. The number of hydrogen-bond donors (Lipinski definition) is 1. The van der Waals surface area contributed by atoms with Gasteiger partial charge in [0.2, 0.25) is 0 Å². The Morgan fingerprint density at radius 1 is 1.43 bits per heavy atom. The molecule has 1 aliphatic rings. The molecule has 1 N–H and O–H groups in total. The number of rotatable bonds is 3.